The van der Waals surface area contributed by atoms with E-state index in [1.807, 2.05) is 19.2 Å². The SMILES string of the molecule is CNc1cc(N2CCCC2CNc2ccc(C#N)nn2)ncn1. The average molecular weight is 310 g/mol. The summed E-state index contributed by atoms with van der Waals surface area (Å²) in [5, 5.41) is 22.9. The summed E-state index contributed by atoms with van der Waals surface area (Å²) in [7, 11) is 1.85. The van der Waals surface area contributed by atoms with Crippen molar-refractivity contribution in [2.24, 2.45) is 0 Å². The van der Waals surface area contributed by atoms with Crippen LogP contribution in [0.2, 0.25) is 0 Å². The quantitative estimate of drug-likeness (QED) is 0.851. The number of hydrogen-bond donors (Lipinski definition) is 2. The molecular weight excluding hydrogens is 292 g/mol. The van der Waals surface area contributed by atoms with Gasteiger partial charge < -0.3 is 15.5 Å². The van der Waals surface area contributed by atoms with E-state index >= 15 is 0 Å². The number of anilines is 3. The summed E-state index contributed by atoms with van der Waals surface area (Å²) in [6.07, 6.45) is 3.80. The third-order valence-corrected chi connectivity index (χ3v) is 3.88. The highest BCUT2D eigenvalue weighted by molar-refractivity contribution is 5.50. The van der Waals surface area contributed by atoms with Crippen LogP contribution in [0.15, 0.2) is 24.5 Å². The Morgan fingerprint density at radius 1 is 1.30 bits per heavy atom. The minimum atomic E-state index is 0.318. The number of nitriles is 1. The smallest absolute Gasteiger partial charge is 0.163 e. The number of hydrogen-bond acceptors (Lipinski definition) is 8. The second-order valence-electron chi connectivity index (χ2n) is 5.30. The lowest BCUT2D eigenvalue weighted by molar-refractivity contribution is 0.687. The Kier molecular flexibility index (Phi) is 4.47. The number of rotatable bonds is 5. The lowest BCUT2D eigenvalue weighted by Crippen LogP contribution is -2.35. The molecule has 1 fully saturated rings. The highest BCUT2D eigenvalue weighted by Gasteiger charge is 2.25. The summed E-state index contributed by atoms with van der Waals surface area (Å²) in [5.41, 5.74) is 0.318. The van der Waals surface area contributed by atoms with E-state index in [2.05, 4.69) is 35.7 Å². The molecule has 0 aromatic carbocycles. The molecule has 2 aromatic heterocycles. The molecule has 8 heteroatoms. The zero-order valence-electron chi connectivity index (χ0n) is 12.9. The Balaban J connectivity index is 1.65. The summed E-state index contributed by atoms with van der Waals surface area (Å²) in [5.74, 6) is 2.42. The summed E-state index contributed by atoms with van der Waals surface area (Å²) in [6, 6.07) is 7.69. The van der Waals surface area contributed by atoms with Gasteiger partial charge in [0.1, 0.15) is 29.9 Å². The molecule has 118 valence electrons. The Morgan fingerprint density at radius 3 is 2.96 bits per heavy atom. The van der Waals surface area contributed by atoms with Crippen molar-refractivity contribution in [2.75, 3.05) is 35.7 Å². The van der Waals surface area contributed by atoms with E-state index in [9.17, 15) is 0 Å². The van der Waals surface area contributed by atoms with Gasteiger partial charge in [0.25, 0.3) is 0 Å². The Labute approximate surface area is 134 Å². The van der Waals surface area contributed by atoms with Crippen LogP contribution in [0, 0.1) is 11.3 Å². The van der Waals surface area contributed by atoms with Crippen LogP contribution in [0.4, 0.5) is 17.5 Å². The predicted molar refractivity (Wildman–Crippen MR) is 87.2 cm³/mol. The summed E-state index contributed by atoms with van der Waals surface area (Å²) in [6.45, 7) is 1.73. The van der Waals surface area contributed by atoms with Crippen LogP contribution in [0.25, 0.3) is 0 Å². The fourth-order valence-corrected chi connectivity index (χ4v) is 2.70. The molecular formula is C15H18N8. The first-order valence-electron chi connectivity index (χ1n) is 7.54. The molecule has 8 nitrogen and oxygen atoms in total. The third kappa shape index (κ3) is 3.45. The van der Waals surface area contributed by atoms with E-state index < -0.39 is 0 Å². The van der Waals surface area contributed by atoms with Gasteiger partial charge in [-0.1, -0.05) is 0 Å². The maximum Gasteiger partial charge on any atom is 0.163 e. The van der Waals surface area contributed by atoms with Gasteiger partial charge in [0, 0.05) is 32.2 Å². The fourth-order valence-electron chi connectivity index (χ4n) is 2.70. The minimum absolute atomic E-state index is 0.318. The van der Waals surface area contributed by atoms with Crippen LogP contribution < -0.4 is 15.5 Å². The normalized spacial score (nSPS) is 16.9. The molecule has 0 aliphatic carbocycles. The van der Waals surface area contributed by atoms with Gasteiger partial charge in [-0.3, -0.25) is 0 Å². The van der Waals surface area contributed by atoms with Crippen LogP contribution in [0.1, 0.15) is 18.5 Å². The van der Waals surface area contributed by atoms with Crippen LogP contribution in [0.5, 0.6) is 0 Å². The van der Waals surface area contributed by atoms with E-state index in [0.717, 1.165) is 37.6 Å². The van der Waals surface area contributed by atoms with Crippen molar-refractivity contribution in [3.63, 3.8) is 0 Å². The molecule has 0 spiro atoms. The molecule has 1 unspecified atom stereocenters. The topological polar surface area (TPSA) is 103 Å². The lowest BCUT2D eigenvalue weighted by atomic mass is 10.2. The number of nitrogens with zero attached hydrogens (tertiary/aromatic N) is 6. The van der Waals surface area contributed by atoms with Gasteiger partial charge in [0.05, 0.1) is 0 Å². The first-order valence-corrected chi connectivity index (χ1v) is 7.54. The summed E-state index contributed by atoms with van der Waals surface area (Å²) in [4.78, 5) is 10.8. The Hall–Kier alpha value is -2.95. The van der Waals surface area contributed by atoms with Crippen LogP contribution in [-0.4, -0.2) is 46.3 Å². The molecule has 0 bridgehead atoms. The van der Waals surface area contributed by atoms with E-state index in [1.165, 1.54) is 0 Å². The van der Waals surface area contributed by atoms with Crippen LogP contribution in [0.3, 0.4) is 0 Å². The molecule has 1 atom stereocenters. The van der Waals surface area contributed by atoms with Gasteiger partial charge in [-0.15, -0.1) is 10.2 Å². The zero-order chi connectivity index (χ0) is 16.1. The summed E-state index contributed by atoms with van der Waals surface area (Å²) >= 11 is 0. The van der Waals surface area contributed by atoms with Crippen molar-refractivity contribution in [1.29, 1.82) is 5.26 Å². The molecule has 0 amide bonds. The van der Waals surface area contributed by atoms with Gasteiger partial charge in [-0.05, 0) is 25.0 Å². The van der Waals surface area contributed by atoms with Gasteiger partial charge in [-0.25, -0.2) is 9.97 Å². The number of aromatic nitrogens is 4. The van der Waals surface area contributed by atoms with E-state index in [1.54, 1.807) is 18.5 Å². The maximum absolute atomic E-state index is 8.74. The highest BCUT2D eigenvalue weighted by atomic mass is 15.3. The van der Waals surface area contributed by atoms with Crippen molar-refractivity contribution < 1.29 is 0 Å². The molecule has 2 aromatic rings. The second-order valence-corrected chi connectivity index (χ2v) is 5.30. The largest absolute Gasteiger partial charge is 0.373 e. The zero-order valence-corrected chi connectivity index (χ0v) is 12.9. The van der Waals surface area contributed by atoms with Crippen molar-refractivity contribution in [3.8, 4) is 6.07 Å². The highest BCUT2D eigenvalue weighted by Crippen LogP contribution is 2.25. The predicted octanol–water partition coefficient (Wildman–Crippen LogP) is 1.26. The fraction of sp³-hybridized carbons (Fsp3) is 0.400. The standard InChI is InChI=1S/C15H18N8/c1-17-14-7-15(20-10-19-14)23-6-2-3-12(23)9-18-13-5-4-11(8-16)21-22-13/h4-5,7,10,12H,2-3,6,9H2,1H3,(H,18,22)(H,17,19,20). The van der Waals surface area contributed by atoms with Crippen molar-refractivity contribution in [2.45, 2.75) is 18.9 Å². The maximum atomic E-state index is 8.74. The third-order valence-electron chi connectivity index (χ3n) is 3.88. The molecule has 1 saturated heterocycles. The van der Waals surface area contributed by atoms with Crippen molar-refractivity contribution in [1.82, 2.24) is 20.2 Å². The molecule has 3 rings (SSSR count). The first kappa shape index (κ1) is 15.0. The van der Waals surface area contributed by atoms with Gasteiger partial charge in [0.2, 0.25) is 0 Å². The Bertz CT molecular complexity index is 693. The van der Waals surface area contributed by atoms with Gasteiger partial charge >= 0.3 is 0 Å². The minimum Gasteiger partial charge on any atom is -0.373 e. The molecule has 1 aliphatic heterocycles. The Morgan fingerprint density at radius 2 is 2.22 bits per heavy atom. The van der Waals surface area contributed by atoms with Crippen LogP contribution in [-0.2, 0) is 0 Å². The molecule has 0 radical (unpaired) electrons. The molecule has 1 aliphatic rings. The van der Waals surface area contributed by atoms with E-state index in [4.69, 9.17) is 5.26 Å². The molecule has 23 heavy (non-hydrogen) atoms. The van der Waals surface area contributed by atoms with Crippen molar-refractivity contribution >= 4 is 17.5 Å². The van der Waals surface area contributed by atoms with Gasteiger partial charge in [0.15, 0.2) is 5.69 Å². The monoisotopic (exact) mass is 310 g/mol. The number of nitrogens with one attached hydrogen (secondary N) is 2. The second kappa shape index (κ2) is 6.87. The summed E-state index contributed by atoms with van der Waals surface area (Å²) < 4.78 is 0. The van der Waals surface area contributed by atoms with Crippen LogP contribution >= 0.6 is 0 Å². The first-order chi connectivity index (χ1) is 11.3. The van der Waals surface area contributed by atoms with E-state index in [-0.39, 0.29) is 0 Å². The average Bonchev–Trinajstić information content (AvgIpc) is 3.09. The van der Waals surface area contributed by atoms with E-state index in [0.29, 0.717) is 17.6 Å². The van der Waals surface area contributed by atoms with Crippen molar-refractivity contribution in [3.05, 3.63) is 30.2 Å². The molecule has 3 heterocycles. The molecule has 2 N–H and O–H groups in total. The molecule has 0 saturated carbocycles. The van der Waals surface area contributed by atoms with Gasteiger partial charge in [-0.2, -0.15) is 5.26 Å². The lowest BCUT2D eigenvalue weighted by Gasteiger charge is -2.26.